The van der Waals surface area contributed by atoms with Crippen LogP contribution in [0, 0.1) is 0 Å². The van der Waals surface area contributed by atoms with E-state index < -0.39 is 0 Å². The van der Waals surface area contributed by atoms with Crippen molar-refractivity contribution in [3.8, 4) is 0 Å². The van der Waals surface area contributed by atoms with Gasteiger partial charge in [-0.2, -0.15) is 0 Å². The van der Waals surface area contributed by atoms with Crippen molar-refractivity contribution in [1.82, 2.24) is 14.9 Å². The number of hydrogen-bond acceptors (Lipinski definition) is 6. The van der Waals surface area contributed by atoms with Crippen molar-refractivity contribution in [2.24, 2.45) is 5.84 Å². The Balaban J connectivity index is 2.43. The fourth-order valence-corrected chi connectivity index (χ4v) is 3.13. The maximum absolute atomic E-state index is 5.64. The molecule has 1 aromatic rings. The van der Waals surface area contributed by atoms with E-state index in [4.69, 9.17) is 5.84 Å². The lowest BCUT2D eigenvalue weighted by molar-refractivity contribution is 0.327. The molecule has 0 bridgehead atoms. The molecule has 1 aliphatic heterocycles. The molecule has 1 atom stereocenters. The Bertz CT molecular complexity index is 461. The third kappa shape index (κ3) is 3.44. The second-order valence-corrected chi connectivity index (χ2v) is 6.13. The molecular weight excluding hydrogens is 264 g/mol. The standard InChI is InChI=1S/C15H28N6/c1-5-12-9-20(4)7-6-8-21(12)15-13(11(2)3)14(19-16)17-10-18-15/h10-12H,5-9,16H2,1-4H3,(H,17,18,19). The van der Waals surface area contributed by atoms with Gasteiger partial charge in [-0.15, -0.1) is 0 Å². The topological polar surface area (TPSA) is 70.3 Å². The molecule has 1 unspecified atom stereocenters. The lowest BCUT2D eigenvalue weighted by atomic mass is 10.0. The van der Waals surface area contributed by atoms with Crippen LogP contribution in [0.3, 0.4) is 0 Å². The molecule has 0 radical (unpaired) electrons. The highest BCUT2D eigenvalue weighted by atomic mass is 15.3. The van der Waals surface area contributed by atoms with Crippen LogP contribution in [0.15, 0.2) is 6.33 Å². The molecule has 3 N–H and O–H groups in total. The highest BCUT2D eigenvalue weighted by molar-refractivity contribution is 5.60. The number of anilines is 2. The monoisotopic (exact) mass is 292 g/mol. The summed E-state index contributed by atoms with van der Waals surface area (Å²) in [5.41, 5.74) is 3.84. The highest BCUT2D eigenvalue weighted by Gasteiger charge is 2.27. The Morgan fingerprint density at radius 2 is 2.14 bits per heavy atom. The van der Waals surface area contributed by atoms with Crippen LogP contribution in [0.25, 0.3) is 0 Å². The summed E-state index contributed by atoms with van der Waals surface area (Å²) in [5, 5.41) is 0. The zero-order chi connectivity index (χ0) is 15.4. The molecule has 0 aliphatic carbocycles. The molecule has 1 aliphatic rings. The summed E-state index contributed by atoms with van der Waals surface area (Å²) in [7, 11) is 2.20. The van der Waals surface area contributed by atoms with Gasteiger partial charge >= 0.3 is 0 Å². The van der Waals surface area contributed by atoms with Gasteiger partial charge in [-0.25, -0.2) is 15.8 Å². The number of nitrogens with one attached hydrogen (secondary N) is 1. The smallest absolute Gasteiger partial charge is 0.148 e. The van der Waals surface area contributed by atoms with E-state index in [1.54, 1.807) is 6.33 Å². The first-order chi connectivity index (χ1) is 10.1. The van der Waals surface area contributed by atoms with Gasteiger partial charge in [0.05, 0.1) is 0 Å². The normalized spacial score (nSPS) is 20.7. The van der Waals surface area contributed by atoms with Crippen LogP contribution in [0.2, 0.25) is 0 Å². The minimum atomic E-state index is 0.325. The molecule has 1 saturated heterocycles. The molecule has 0 amide bonds. The maximum Gasteiger partial charge on any atom is 0.148 e. The maximum atomic E-state index is 5.64. The summed E-state index contributed by atoms with van der Waals surface area (Å²) >= 11 is 0. The number of hydrogen-bond donors (Lipinski definition) is 2. The largest absolute Gasteiger partial charge is 0.352 e. The highest BCUT2D eigenvalue weighted by Crippen LogP contribution is 2.32. The van der Waals surface area contributed by atoms with Crippen molar-refractivity contribution in [3.05, 3.63) is 11.9 Å². The second kappa shape index (κ2) is 7.04. The second-order valence-electron chi connectivity index (χ2n) is 6.13. The molecule has 0 spiro atoms. The van der Waals surface area contributed by atoms with E-state index >= 15 is 0 Å². The van der Waals surface area contributed by atoms with Crippen molar-refractivity contribution < 1.29 is 0 Å². The quantitative estimate of drug-likeness (QED) is 0.651. The van der Waals surface area contributed by atoms with Gasteiger partial charge < -0.3 is 15.2 Å². The predicted molar refractivity (Wildman–Crippen MR) is 87.5 cm³/mol. The van der Waals surface area contributed by atoms with E-state index in [0.29, 0.717) is 12.0 Å². The van der Waals surface area contributed by atoms with Crippen LogP contribution < -0.4 is 16.2 Å². The zero-order valence-electron chi connectivity index (χ0n) is 13.6. The number of nitrogens with two attached hydrogens (primary N) is 1. The van der Waals surface area contributed by atoms with Crippen LogP contribution in [-0.4, -0.2) is 47.6 Å². The van der Waals surface area contributed by atoms with Crippen LogP contribution in [0.5, 0.6) is 0 Å². The van der Waals surface area contributed by atoms with Gasteiger partial charge in [0, 0.05) is 24.7 Å². The van der Waals surface area contributed by atoms with Crippen molar-refractivity contribution in [2.75, 3.05) is 37.0 Å². The number of likely N-dealkylation sites (N-methyl/N-ethyl adjacent to an activating group) is 1. The molecule has 6 nitrogen and oxygen atoms in total. The van der Waals surface area contributed by atoms with E-state index in [9.17, 15) is 0 Å². The Hall–Kier alpha value is -1.40. The van der Waals surface area contributed by atoms with Crippen molar-refractivity contribution in [1.29, 1.82) is 0 Å². The molecule has 2 rings (SSSR count). The first-order valence-corrected chi connectivity index (χ1v) is 7.85. The van der Waals surface area contributed by atoms with Crippen molar-refractivity contribution in [3.63, 3.8) is 0 Å². The Morgan fingerprint density at radius 1 is 1.38 bits per heavy atom. The fourth-order valence-electron chi connectivity index (χ4n) is 3.13. The average molecular weight is 292 g/mol. The van der Waals surface area contributed by atoms with Crippen molar-refractivity contribution in [2.45, 2.75) is 45.6 Å². The van der Waals surface area contributed by atoms with Gasteiger partial charge in [-0.1, -0.05) is 20.8 Å². The summed E-state index contributed by atoms with van der Waals surface area (Å²) in [6.07, 6.45) is 3.87. The number of nitrogens with zero attached hydrogens (tertiary/aromatic N) is 4. The minimum absolute atomic E-state index is 0.325. The minimum Gasteiger partial charge on any atom is -0.352 e. The van der Waals surface area contributed by atoms with Gasteiger partial charge in [-0.05, 0) is 32.4 Å². The molecule has 0 aromatic carbocycles. The van der Waals surface area contributed by atoms with Crippen molar-refractivity contribution >= 4 is 11.6 Å². The van der Waals surface area contributed by atoms with Crippen LogP contribution in [0.1, 0.15) is 45.1 Å². The lowest BCUT2D eigenvalue weighted by Gasteiger charge is -2.33. The molecule has 6 heteroatoms. The summed E-state index contributed by atoms with van der Waals surface area (Å²) in [6, 6.07) is 0.482. The zero-order valence-corrected chi connectivity index (χ0v) is 13.6. The number of hydrazine groups is 1. The predicted octanol–water partition coefficient (Wildman–Crippen LogP) is 1.81. The third-order valence-corrected chi connectivity index (χ3v) is 4.22. The number of nitrogen functional groups attached to an aromatic ring is 1. The molecule has 0 saturated carbocycles. The summed E-state index contributed by atoms with van der Waals surface area (Å²) in [4.78, 5) is 13.7. The van der Waals surface area contributed by atoms with E-state index in [1.165, 1.54) is 0 Å². The van der Waals surface area contributed by atoms with E-state index in [-0.39, 0.29) is 0 Å². The van der Waals surface area contributed by atoms with E-state index in [2.05, 4.69) is 53.0 Å². The molecule has 1 fully saturated rings. The van der Waals surface area contributed by atoms with Crippen LogP contribution >= 0.6 is 0 Å². The molecule has 1 aromatic heterocycles. The van der Waals surface area contributed by atoms with Gasteiger partial charge in [0.15, 0.2) is 0 Å². The number of aromatic nitrogens is 2. The fraction of sp³-hybridized carbons (Fsp3) is 0.733. The summed E-state index contributed by atoms with van der Waals surface area (Å²) in [6.45, 7) is 9.81. The number of rotatable bonds is 4. The molecule has 2 heterocycles. The van der Waals surface area contributed by atoms with E-state index in [1.807, 2.05) is 0 Å². The molecular formula is C15H28N6. The molecule has 118 valence electrons. The first-order valence-electron chi connectivity index (χ1n) is 7.85. The van der Waals surface area contributed by atoms with Gasteiger partial charge in [0.2, 0.25) is 0 Å². The Morgan fingerprint density at radius 3 is 2.76 bits per heavy atom. The first kappa shape index (κ1) is 16.0. The van der Waals surface area contributed by atoms with Gasteiger partial charge in [-0.3, -0.25) is 0 Å². The van der Waals surface area contributed by atoms with Crippen LogP contribution in [0.4, 0.5) is 11.6 Å². The van der Waals surface area contributed by atoms with E-state index in [0.717, 1.165) is 49.7 Å². The third-order valence-electron chi connectivity index (χ3n) is 4.22. The lowest BCUT2D eigenvalue weighted by Crippen LogP contribution is -2.41. The Kier molecular flexibility index (Phi) is 5.36. The molecule has 21 heavy (non-hydrogen) atoms. The van der Waals surface area contributed by atoms with Gasteiger partial charge in [0.1, 0.15) is 18.0 Å². The average Bonchev–Trinajstić information content (AvgIpc) is 2.67. The van der Waals surface area contributed by atoms with Crippen LogP contribution in [-0.2, 0) is 0 Å². The summed E-state index contributed by atoms with van der Waals surface area (Å²) < 4.78 is 0. The Labute approximate surface area is 127 Å². The SMILES string of the molecule is CCC1CN(C)CCCN1c1ncnc(NN)c1C(C)C. The summed E-state index contributed by atoms with van der Waals surface area (Å²) in [5.74, 6) is 7.74. The van der Waals surface area contributed by atoms with Gasteiger partial charge in [0.25, 0.3) is 0 Å².